The Kier molecular flexibility index (Phi) is 5.76. The van der Waals surface area contributed by atoms with E-state index in [-0.39, 0.29) is 23.3 Å². The Hall–Kier alpha value is -0.210. The van der Waals surface area contributed by atoms with E-state index in [1.54, 1.807) is 0 Å². The normalized spacial score (nSPS) is 20.9. The van der Waals surface area contributed by atoms with E-state index < -0.39 is 15.8 Å². The van der Waals surface area contributed by atoms with Crippen LogP contribution in [0.2, 0.25) is 0 Å². The molecule has 1 saturated heterocycles. The van der Waals surface area contributed by atoms with Gasteiger partial charge < -0.3 is 5.32 Å². The van der Waals surface area contributed by atoms with Gasteiger partial charge >= 0.3 is 0 Å². The van der Waals surface area contributed by atoms with E-state index in [0.717, 1.165) is 0 Å². The van der Waals surface area contributed by atoms with Gasteiger partial charge in [0, 0.05) is 30.1 Å². The van der Waals surface area contributed by atoms with Crippen molar-refractivity contribution >= 4 is 38.4 Å². The minimum absolute atomic E-state index is 0. The smallest absolute Gasteiger partial charge is 0.246 e. The van der Waals surface area contributed by atoms with E-state index >= 15 is 0 Å². The minimum Gasteiger partial charge on any atom is -0.312 e. The molecular weight excluding hydrogens is 359 g/mol. The summed E-state index contributed by atoms with van der Waals surface area (Å²) in [6.45, 7) is 3.21. The number of halogens is 3. The van der Waals surface area contributed by atoms with Gasteiger partial charge in [0.2, 0.25) is 10.0 Å². The van der Waals surface area contributed by atoms with Crippen molar-refractivity contribution in [3.63, 3.8) is 0 Å². The average Bonchev–Trinajstić information content (AvgIpc) is 2.28. The van der Waals surface area contributed by atoms with Crippen molar-refractivity contribution in [3.8, 4) is 0 Å². The second-order valence-corrected chi connectivity index (χ2v) is 7.12. The zero-order valence-electron chi connectivity index (χ0n) is 10.3. The van der Waals surface area contributed by atoms with Gasteiger partial charge in [-0.25, -0.2) is 12.8 Å². The number of nitrogens with one attached hydrogen (secondary N) is 1. The lowest BCUT2D eigenvalue weighted by molar-refractivity contribution is 0.309. The Morgan fingerprint density at radius 2 is 2.16 bits per heavy atom. The fourth-order valence-electron chi connectivity index (χ4n) is 1.94. The molecule has 108 valence electrons. The molecule has 2 rings (SSSR count). The van der Waals surface area contributed by atoms with Gasteiger partial charge in [0.25, 0.3) is 0 Å². The first-order valence-electron chi connectivity index (χ1n) is 5.60. The summed E-state index contributed by atoms with van der Waals surface area (Å²) in [5.74, 6) is -0.726. The second-order valence-electron chi connectivity index (χ2n) is 4.29. The first-order chi connectivity index (χ1) is 8.41. The maximum atomic E-state index is 13.7. The number of hydrogen-bond donors (Lipinski definition) is 1. The van der Waals surface area contributed by atoms with Crippen molar-refractivity contribution in [2.24, 2.45) is 0 Å². The molecule has 1 aromatic rings. The van der Waals surface area contributed by atoms with Gasteiger partial charge in [0.15, 0.2) is 0 Å². The maximum absolute atomic E-state index is 13.7. The quantitative estimate of drug-likeness (QED) is 0.862. The van der Waals surface area contributed by atoms with Crippen molar-refractivity contribution in [1.29, 1.82) is 0 Å². The van der Waals surface area contributed by atoms with Gasteiger partial charge in [-0.1, -0.05) is 15.9 Å². The molecule has 1 fully saturated rings. The summed E-state index contributed by atoms with van der Waals surface area (Å²) in [5, 5.41) is 3.15. The van der Waals surface area contributed by atoms with Crippen LogP contribution in [0, 0.1) is 5.82 Å². The highest BCUT2D eigenvalue weighted by Crippen LogP contribution is 2.23. The first kappa shape index (κ1) is 16.8. The number of benzene rings is 1. The monoisotopic (exact) mass is 372 g/mol. The van der Waals surface area contributed by atoms with Crippen molar-refractivity contribution in [3.05, 3.63) is 28.5 Å². The van der Waals surface area contributed by atoms with Crippen LogP contribution in [-0.4, -0.2) is 38.4 Å². The molecule has 0 bridgehead atoms. The van der Waals surface area contributed by atoms with E-state index in [9.17, 15) is 12.8 Å². The summed E-state index contributed by atoms with van der Waals surface area (Å²) < 4.78 is 40.2. The molecule has 0 saturated carbocycles. The zero-order chi connectivity index (χ0) is 13.3. The molecule has 1 heterocycles. The molecule has 1 N–H and O–H groups in total. The predicted octanol–water partition coefficient (Wildman–Crippen LogP) is 1.99. The summed E-state index contributed by atoms with van der Waals surface area (Å²) in [6.07, 6.45) is 0. The molecule has 8 heteroatoms. The molecule has 0 aliphatic carbocycles. The highest BCUT2D eigenvalue weighted by Gasteiger charge is 2.30. The zero-order valence-corrected chi connectivity index (χ0v) is 13.5. The van der Waals surface area contributed by atoms with E-state index in [1.165, 1.54) is 22.5 Å². The van der Waals surface area contributed by atoms with Crippen LogP contribution in [0.4, 0.5) is 4.39 Å². The Balaban J connectivity index is 0.00000180. The van der Waals surface area contributed by atoms with E-state index in [4.69, 9.17) is 0 Å². The van der Waals surface area contributed by atoms with Crippen molar-refractivity contribution in [2.75, 3.05) is 19.6 Å². The number of sulfonamides is 1. The molecule has 0 spiro atoms. The summed E-state index contributed by atoms with van der Waals surface area (Å²) in [5.41, 5.74) is 0. The van der Waals surface area contributed by atoms with Crippen LogP contribution < -0.4 is 5.32 Å². The fourth-order valence-corrected chi connectivity index (χ4v) is 3.85. The fraction of sp³-hybridized carbons (Fsp3) is 0.455. The Morgan fingerprint density at radius 1 is 1.47 bits per heavy atom. The number of rotatable bonds is 2. The maximum Gasteiger partial charge on any atom is 0.246 e. The van der Waals surface area contributed by atoms with Crippen LogP contribution in [0.5, 0.6) is 0 Å². The number of piperazine rings is 1. The molecular formula is C11H15BrClFN2O2S. The summed E-state index contributed by atoms with van der Waals surface area (Å²) in [4.78, 5) is -0.264. The Morgan fingerprint density at radius 3 is 2.74 bits per heavy atom. The van der Waals surface area contributed by atoms with Gasteiger partial charge in [-0.15, -0.1) is 12.4 Å². The Labute approximate surface area is 127 Å². The summed E-state index contributed by atoms with van der Waals surface area (Å²) in [6, 6.07) is 4.06. The third-order valence-electron chi connectivity index (χ3n) is 2.84. The molecule has 1 aromatic carbocycles. The summed E-state index contributed by atoms with van der Waals surface area (Å²) >= 11 is 3.11. The number of nitrogens with zero attached hydrogens (tertiary/aromatic N) is 1. The highest BCUT2D eigenvalue weighted by atomic mass is 79.9. The third kappa shape index (κ3) is 3.66. The third-order valence-corrected chi connectivity index (χ3v) is 5.23. The van der Waals surface area contributed by atoms with Crippen molar-refractivity contribution in [2.45, 2.75) is 17.9 Å². The molecule has 1 unspecified atom stereocenters. The van der Waals surface area contributed by atoms with Gasteiger partial charge in [-0.3, -0.25) is 0 Å². The first-order valence-corrected chi connectivity index (χ1v) is 7.83. The van der Waals surface area contributed by atoms with E-state index in [0.29, 0.717) is 24.1 Å². The van der Waals surface area contributed by atoms with E-state index in [2.05, 4.69) is 21.2 Å². The molecule has 19 heavy (non-hydrogen) atoms. The van der Waals surface area contributed by atoms with Crippen LogP contribution in [0.3, 0.4) is 0 Å². The van der Waals surface area contributed by atoms with Gasteiger partial charge in [0.05, 0.1) is 0 Å². The van der Waals surface area contributed by atoms with Crippen molar-refractivity contribution in [1.82, 2.24) is 9.62 Å². The van der Waals surface area contributed by atoms with Crippen molar-refractivity contribution < 1.29 is 12.8 Å². The SMILES string of the molecule is CC1CN(S(=O)(=O)c2ccc(Br)cc2F)CCN1.Cl. The van der Waals surface area contributed by atoms with Gasteiger partial charge in [-0.2, -0.15) is 4.31 Å². The topological polar surface area (TPSA) is 49.4 Å². The molecule has 0 aromatic heterocycles. The van der Waals surface area contributed by atoms with Crippen LogP contribution in [-0.2, 0) is 10.0 Å². The van der Waals surface area contributed by atoms with Crippen LogP contribution >= 0.6 is 28.3 Å². The molecule has 4 nitrogen and oxygen atoms in total. The van der Waals surface area contributed by atoms with Gasteiger partial charge in [0.1, 0.15) is 10.7 Å². The molecule has 0 radical (unpaired) electrons. The average molecular weight is 374 g/mol. The molecule has 1 atom stereocenters. The predicted molar refractivity (Wildman–Crippen MR) is 77.6 cm³/mol. The van der Waals surface area contributed by atoms with Gasteiger partial charge in [-0.05, 0) is 25.1 Å². The second kappa shape index (κ2) is 6.49. The van der Waals surface area contributed by atoms with Crippen LogP contribution in [0.1, 0.15) is 6.92 Å². The minimum atomic E-state index is -3.74. The lowest BCUT2D eigenvalue weighted by Crippen LogP contribution is -2.51. The largest absolute Gasteiger partial charge is 0.312 e. The molecule has 1 aliphatic heterocycles. The van der Waals surface area contributed by atoms with Crippen LogP contribution in [0.15, 0.2) is 27.6 Å². The lowest BCUT2D eigenvalue weighted by atomic mass is 10.3. The summed E-state index contributed by atoms with van der Waals surface area (Å²) in [7, 11) is -3.74. The van der Waals surface area contributed by atoms with Crippen LogP contribution in [0.25, 0.3) is 0 Å². The van der Waals surface area contributed by atoms with E-state index in [1.807, 2.05) is 6.92 Å². The molecule has 0 amide bonds. The lowest BCUT2D eigenvalue weighted by Gasteiger charge is -2.31. The number of hydrogen-bond acceptors (Lipinski definition) is 3. The standard InChI is InChI=1S/C11H14BrFN2O2S.ClH/c1-8-7-15(5-4-14-8)18(16,17)11-3-2-9(12)6-10(11)13;/h2-3,6,8,14H,4-5,7H2,1H3;1H. The highest BCUT2D eigenvalue weighted by molar-refractivity contribution is 9.10. The Bertz CT molecular complexity index is 556. The molecule has 1 aliphatic rings.